The first-order chi connectivity index (χ1) is 7.50. The van der Waals surface area contributed by atoms with Crippen molar-refractivity contribution in [2.45, 2.75) is 19.3 Å². The molecule has 0 atom stereocenters. The third kappa shape index (κ3) is 3.23. The van der Waals surface area contributed by atoms with Crippen molar-refractivity contribution >= 4 is 17.3 Å². The van der Waals surface area contributed by atoms with Crippen molar-refractivity contribution in [1.29, 1.82) is 0 Å². The van der Waals surface area contributed by atoms with E-state index in [2.05, 4.69) is 0 Å². The van der Waals surface area contributed by atoms with Gasteiger partial charge in [0, 0.05) is 24.2 Å². The fourth-order valence-corrected chi connectivity index (χ4v) is 1.35. The fraction of sp³-hybridized carbons (Fsp3) is 0.300. The molecule has 0 fully saturated rings. The SMILES string of the molecule is Nc1cc([N+](=O)[O-])ccc1CCCC(=O)O. The lowest BCUT2D eigenvalue weighted by Gasteiger charge is -2.04. The van der Waals surface area contributed by atoms with Crippen molar-refractivity contribution in [3.8, 4) is 0 Å². The van der Waals surface area contributed by atoms with Gasteiger partial charge in [-0.2, -0.15) is 0 Å². The average molecular weight is 224 g/mol. The number of aryl methyl sites for hydroxylation is 1. The lowest BCUT2D eigenvalue weighted by atomic mass is 10.1. The number of nitro groups is 1. The van der Waals surface area contributed by atoms with Crippen LogP contribution in [0.2, 0.25) is 0 Å². The minimum atomic E-state index is -0.861. The van der Waals surface area contributed by atoms with Crippen LogP contribution in [-0.2, 0) is 11.2 Å². The Labute approximate surface area is 91.8 Å². The molecule has 6 nitrogen and oxygen atoms in total. The molecule has 0 spiro atoms. The molecule has 0 aliphatic rings. The van der Waals surface area contributed by atoms with Crippen LogP contribution in [0.5, 0.6) is 0 Å². The zero-order valence-electron chi connectivity index (χ0n) is 8.55. The highest BCUT2D eigenvalue weighted by Crippen LogP contribution is 2.21. The molecule has 0 heterocycles. The molecule has 0 aromatic heterocycles. The van der Waals surface area contributed by atoms with Crippen LogP contribution in [0.15, 0.2) is 18.2 Å². The number of anilines is 1. The van der Waals surface area contributed by atoms with Gasteiger partial charge < -0.3 is 10.8 Å². The maximum atomic E-state index is 10.4. The Morgan fingerprint density at radius 1 is 1.50 bits per heavy atom. The first-order valence-electron chi connectivity index (χ1n) is 4.75. The molecule has 0 amide bonds. The van der Waals surface area contributed by atoms with Crippen molar-refractivity contribution in [3.05, 3.63) is 33.9 Å². The predicted octanol–water partition coefficient (Wildman–Crippen LogP) is 1.58. The van der Waals surface area contributed by atoms with E-state index >= 15 is 0 Å². The molecule has 0 unspecified atom stereocenters. The lowest BCUT2D eigenvalue weighted by molar-refractivity contribution is -0.384. The summed E-state index contributed by atoms with van der Waals surface area (Å²) < 4.78 is 0. The third-order valence-corrected chi connectivity index (χ3v) is 2.18. The Morgan fingerprint density at radius 3 is 2.69 bits per heavy atom. The number of nitrogens with two attached hydrogens (primary N) is 1. The van der Waals surface area contributed by atoms with Gasteiger partial charge in [0.15, 0.2) is 0 Å². The Bertz CT molecular complexity index is 417. The van der Waals surface area contributed by atoms with Gasteiger partial charge in [0.25, 0.3) is 5.69 Å². The van der Waals surface area contributed by atoms with Gasteiger partial charge in [-0.3, -0.25) is 14.9 Å². The van der Waals surface area contributed by atoms with Crippen molar-refractivity contribution in [3.63, 3.8) is 0 Å². The molecule has 0 bridgehead atoms. The van der Waals surface area contributed by atoms with E-state index in [1.54, 1.807) is 6.07 Å². The van der Waals surface area contributed by atoms with Gasteiger partial charge in [-0.05, 0) is 18.4 Å². The number of carbonyl (C=O) groups is 1. The van der Waals surface area contributed by atoms with Gasteiger partial charge in [0.05, 0.1) is 4.92 Å². The summed E-state index contributed by atoms with van der Waals surface area (Å²) >= 11 is 0. The predicted molar refractivity (Wildman–Crippen MR) is 58.1 cm³/mol. The van der Waals surface area contributed by atoms with Crippen LogP contribution in [0.25, 0.3) is 0 Å². The molecule has 0 saturated heterocycles. The number of hydrogen-bond donors (Lipinski definition) is 2. The standard InChI is InChI=1S/C10H12N2O4/c11-9-6-8(12(15)16)5-4-7(9)2-1-3-10(13)14/h4-6H,1-3,11H2,(H,13,14). The minimum Gasteiger partial charge on any atom is -0.481 e. The normalized spacial score (nSPS) is 10.0. The summed E-state index contributed by atoms with van der Waals surface area (Å²) in [5.41, 5.74) is 6.64. The first-order valence-corrected chi connectivity index (χ1v) is 4.75. The molecule has 1 aromatic carbocycles. The van der Waals surface area contributed by atoms with E-state index < -0.39 is 10.9 Å². The largest absolute Gasteiger partial charge is 0.481 e. The highest BCUT2D eigenvalue weighted by Gasteiger charge is 2.08. The zero-order chi connectivity index (χ0) is 12.1. The summed E-state index contributed by atoms with van der Waals surface area (Å²) in [5.74, 6) is -0.861. The molecule has 0 aliphatic heterocycles. The second-order valence-corrected chi connectivity index (χ2v) is 3.39. The van der Waals surface area contributed by atoms with E-state index in [4.69, 9.17) is 10.8 Å². The number of hydrogen-bond acceptors (Lipinski definition) is 4. The van der Waals surface area contributed by atoms with E-state index in [1.807, 2.05) is 0 Å². The van der Waals surface area contributed by atoms with Gasteiger partial charge in [-0.15, -0.1) is 0 Å². The van der Waals surface area contributed by atoms with Gasteiger partial charge in [0.2, 0.25) is 0 Å². The van der Waals surface area contributed by atoms with E-state index in [9.17, 15) is 14.9 Å². The van der Waals surface area contributed by atoms with Gasteiger partial charge >= 0.3 is 5.97 Å². The van der Waals surface area contributed by atoms with Crippen LogP contribution in [0.3, 0.4) is 0 Å². The number of aliphatic carboxylic acids is 1. The molecule has 1 aromatic rings. The van der Waals surface area contributed by atoms with Crippen LogP contribution in [0, 0.1) is 10.1 Å². The highest BCUT2D eigenvalue weighted by atomic mass is 16.6. The first kappa shape index (κ1) is 12.0. The van der Waals surface area contributed by atoms with Crippen molar-refractivity contribution in [1.82, 2.24) is 0 Å². The summed E-state index contributed by atoms with van der Waals surface area (Å²) in [6.07, 6.45) is 1.05. The monoisotopic (exact) mass is 224 g/mol. The molecule has 6 heteroatoms. The maximum absolute atomic E-state index is 10.4. The molecule has 86 valence electrons. The summed E-state index contributed by atoms with van der Waals surface area (Å²) in [7, 11) is 0. The molecule has 0 aliphatic carbocycles. The Morgan fingerprint density at radius 2 is 2.19 bits per heavy atom. The third-order valence-electron chi connectivity index (χ3n) is 2.18. The van der Waals surface area contributed by atoms with Crippen molar-refractivity contribution in [2.75, 3.05) is 5.73 Å². The fourth-order valence-electron chi connectivity index (χ4n) is 1.35. The van der Waals surface area contributed by atoms with Gasteiger partial charge in [0.1, 0.15) is 0 Å². The number of carboxylic acid groups (broad SMARTS) is 1. The van der Waals surface area contributed by atoms with Crippen LogP contribution >= 0.6 is 0 Å². The van der Waals surface area contributed by atoms with E-state index in [-0.39, 0.29) is 12.1 Å². The average Bonchev–Trinajstić information content (AvgIpc) is 2.19. The van der Waals surface area contributed by atoms with E-state index in [0.717, 1.165) is 5.56 Å². The topological polar surface area (TPSA) is 106 Å². The minimum absolute atomic E-state index is 0.0560. The number of rotatable bonds is 5. The smallest absolute Gasteiger partial charge is 0.303 e. The number of benzene rings is 1. The lowest BCUT2D eigenvalue weighted by Crippen LogP contribution is -1.99. The molecule has 0 radical (unpaired) electrons. The molecular weight excluding hydrogens is 212 g/mol. The van der Waals surface area contributed by atoms with Gasteiger partial charge in [-0.25, -0.2) is 0 Å². The highest BCUT2D eigenvalue weighted by molar-refractivity contribution is 5.66. The number of non-ortho nitro benzene ring substituents is 1. The number of nitro benzene ring substituents is 1. The number of carboxylic acids is 1. The zero-order valence-corrected chi connectivity index (χ0v) is 8.55. The van der Waals surface area contributed by atoms with Crippen molar-refractivity contribution < 1.29 is 14.8 Å². The van der Waals surface area contributed by atoms with E-state index in [1.165, 1.54) is 12.1 Å². The quantitative estimate of drug-likeness (QED) is 0.448. The van der Waals surface area contributed by atoms with Crippen LogP contribution in [-0.4, -0.2) is 16.0 Å². The molecule has 1 rings (SSSR count). The second kappa shape index (κ2) is 5.11. The molecule has 3 N–H and O–H groups in total. The molecule has 16 heavy (non-hydrogen) atoms. The summed E-state index contributed by atoms with van der Waals surface area (Å²) in [6.45, 7) is 0. The van der Waals surface area contributed by atoms with Crippen LogP contribution < -0.4 is 5.73 Å². The Hall–Kier alpha value is -2.11. The Kier molecular flexibility index (Phi) is 3.82. The second-order valence-electron chi connectivity index (χ2n) is 3.39. The molecule has 0 saturated carbocycles. The summed E-state index contributed by atoms with van der Waals surface area (Å²) in [6, 6.07) is 4.22. The summed E-state index contributed by atoms with van der Waals surface area (Å²) in [4.78, 5) is 20.2. The van der Waals surface area contributed by atoms with E-state index in [0.29, 0.717) is 18.5 Å². The van der Waals surface area contributed by atoms with Crippen LogP contribution in [0.4, 0.5) is 11.4 Å². The number of nitrogens with zero attached hydrogens (tertiary/aromatic N) is 1. The maximum Gasteiger partial charge on any atom is 0.303 e. The molecular formula is C10H12N2O4. The van der Waals surface area contributed by atoms with Crippen LogP contribution in [0.1, 0.15) is 18.4 Å². The number of nitrogen functional groups attached to an aromatic ring is 1. The van der Waals surface area contributed by atoms with Gasteiger partial charge in [-0.1, -0.05) is 6.07 Å². The Balaban J connectivity index is 2.68. The summed E-state index contributed by atoms with van der Waals surface area (Å²) in [5, 5.41) is 18.9. The van der Waals surface area contributed by atoms with Crippen molar-refractivity contribution in [2.24, 2.45) is 0 Å².